The molecule has 1 aliphatic heterocycles. The van der Waals surface area contributed by atoms with Crippen LogP contribution in [0.1, 0.15) is 6.92 Å². The van der Waals surface area contributed by atoms with Gasteiger partial charge in [0.15, 0.2) is 0 Å². The molecule has 0 spiro atoms. The average Bonchev–Trinajstić information content (AvgIpc) is 2.15. The Kier molecular flexibility index (Phi) is 2.33. The van der Waals surface area contributed by atoms with Crippen molar-refractivity contribution in [2.75, 3.05) is 6.26 Å². The molecule has 1 aliphatic rings. The van der Waals surface area contributed by atoms with Crippen molar-refractivity contribution < 1.29 is 0 Å². The summed E-state index contributed by atoms with van der Waals surface area (Å²) in [6.45, 7) is 2.17. The first-order valence-electron chi connectivity index (χ1n) is 3.21. The Morgan fingerprint density at radius 3 is 2.90 bits per heavy atom. The van der Waals surface area contributed by atoms with Crippen molar-refractivity contribution >= 4 is 18.0 Å². The molecule has 0 aromatic heterocycles. The lowest BCUT2D eigenvalue weighted by molar-refractivity contribution is 1.01. The van der Waals surface area contributed by atoms with Crippen molar-refractivity contribution in [2.24, 2.45) is 4.99 Å². The molecule has 0 bridgehead atoms. The number of hydrogen-bond acceptors (Lipinski definition) is 2. The van der Waals surface area contributed by atoms with Crippen LogP contribution in [0.3, 0.4) is 0 Å². The van der Waals surface area contributed by atoms with Crippen LogP contribution in [0, 0.1) is 0 Å². The summed E-state index contributed by atoms with van der Waals surface area (Å²) in [6, 6.07) is 0. The highest BCUT2D eigenvalue weighted by atomic mass is 32.2. The second kappa shape index (κ2) is 3.06. The van der Waals surface area contributed by atoms with E-state index in [0.29, 0.717) is 0 Å². The summed E-state index contributed by atoms with van der Waals surface area (Å²) in [5, 5.41) is 0. The minimum Gasteiger partial charge on any atom is -0.265 e. The van der Waals surface area contributed by atoms with Gasteiger partial charge in [-0.25, -0.2) is 0 Å². The third-order valence-corrected chi connectivity index (χ3v) is 2.68. The van der Waals surface area contributed by atoms with Crippen molar-refractivity contribution in [3.8, 4) is 0 Å². The van der Waals surface area contributed by atoms with Crippen LogP contribution in [0.15, 0.2) is 29.4 Å². The molecule has 1 rings (SSSR count). The van der Waals surface area contributed by atoms with E-state index < -0.39 is 0 Å². The monoisotopic (exact) mass is 153 g/mol. The minimum atomic E-state index is 0.135. The molecule has 1 heterocycles. The first-order valence-corrected chi connectivity index (χ1v) is 4.43. The normalized spacial score (nSPS) is 30.6. The maximum Gasteiger partial charge on any atom is 0.0508 e. The van der Waals surface area contributed by atoms with Gasteiger partial charge in [0.25, 0.3) is 0 Å². The number of nitrogens with zero attached hydrogens (tertiary/aromatic N) is 1. The molecule has 0 aromatic rings. The van der Waals surface area contributed by atoms with Crippen LogP contribution in [-0.4, -0.2) is 17.2 Å². The number of allylic oxidation sites excluding steroid dienone is 1. The largest absolute Gasteiger partial charge is 0.265 e. The molecule has 10 heavy (non-hydrogen) atoms. The number of thioether (sulfide) groups is 1. The summed E-state index contributed by atoms with van der Waals surface area (Å²) < 4.78 is 0.135. The summed E-state index contributed by atoms with van der Waals surface area (Å²) in [6.07, 6.45) is 12.0. The molecule has 0 N–H and O–H groups in total. The lowest BCUT2D eigenvalue weighted by Crippen LogP contribution is -2.10. The van der Waals surface area contributed by atoms with Gasteiger partial charge >= 0.3 is 0 Å². The highest BCUT2D eigenvalue weighted by Crippen LogP contribution is 2.25. The zero-order valence-corrected chi connectivity index (χ0v) is 7.06. The fourth-order valence-corrected chi connectivity index (χ4v) is 1.13. The molecular weight excluding hydrogens is 142 g/mol. The smallest absolute Gasteiger partial charge is 0.0508 e. The predicted molar refractivity (Wildman–Crippen MR) is 48.7 cm³/mol. The van der Waals surface area contributed by atoms with Gasteiger partial charge < -0.3 is 0 Å². The standard InChI is InChI=1S/C8H11NS/c1-8(10-2)4-3-6-9-7-5-8/h3-7H,1-2H3. The van der Waals surface area contributed by atoms with Crippen LogP contribution in [0.4, 0.5) is 0 Å². The van der Waals surface area contributed by atoms with E-state index in [2.05, 4.69) is 30.3 Å². The van der Waals surface area contributed by atoms with E-state index >= 15 is 0 Å². The fourth-order valence-electron chi connectivity index (χ4n) is 0.716. The van der Waals surface area contributed by atoms with Crippen molar-refractivity contribution in [3.05, 3.63) is 24.4 Å². The van der Waals surface area contributed by atoms with Crippen LogP contribution in [0.2, 0.25) is 0 Å². The molecule has 54 valence electrons. The molecule has 0 radical (unpaired) electrons. The van der Waals surface area contributed by atoms with Crippen LogP contribution in [0.25, 0.3) is 0 Å². The van der Waals surface area contributed by atoms with Gasteiger partial charge in [-0.15, -0.1) is 0 Å². The van der Waals surface area contributed by atoms with Gasteiger partial charge in [-0.3, -0.25) is 4.99 Å². The second-order valence-electron chi connectivity index (χ2n) is 2.36. The number of hydrogen-bond donors (Lipinski definition) is 0. The number of aliphatic imine (C=N–C) groups is 1. The van der Waals surface area contributed by atoms with E-state index in [9.17, 15) is 0 Å². The van der Waals surface area contributed by atoms with Crippen LogP contribution < -0.4 is 0 Å². The molecule has 0 aromatic carbocycles. The molecule has 0 aliphatic carbocycles. The van der Waals surface area contributed by atoms with E-state index in [1.54, 1.807) is 6.21 Å². The quantitative estimate of drug-likeness (QED) is 0.563. The van der Waals surface area contributed by atoms with Crippen LogP contribution in [0.5, 0.6) is 0 Å². The van der Waals surface area contributed by atoms with Crippen LogP contribution >= 0.6 is 11.8 Å². The maximum atomic E-state index is 4.01. The first kappa shape index (κ1) is 7.61. The van der Waals surface area contributed by atoms with Crippen molar-refractivity contribution in [3.63, 3.8) is 0 Å². The molecule has 0 saturated heterocycles. The lowest BCUT2D eigenvalue weighted by Gasteiger charge is -2.16. The average molecular weight is 153 g/mol. The van der Waals surface area contributed by atoms with Gasteiger partial charge in [0.05, 0.1) is 4.75 Å². The third kappa shape index (κ3) is 1.74. The Hall–Kier alpha value is -0.500. The lowest BCUT2D eigenvalue weighted by atomic mass is 10.1. The summed E-state index contributed by atoms with van der Waals surface area (Å²) in [4.78, 5) is 4.01. The van der Waals surface area contributed by atoms with Gasteiger partial charge in [0.1, 0.15) is 0 Å². The zero-order chi connectivity index (χ0) is 7.45. The molecular formula is C8H11NS. The Balaban J connectivity index is 2.80. The number of rotatable bonds is 1. The minimum absolute atomic E-state index is 0.135. The van der Waals surface area contributed by atoms with Gasteiger partial charge in [0.2, 0.25) is 0 Å². The predicted octanol–water partition coefficient (Wildman–Crippen LogP) is 2.26. The summed E-state index contributed by atoms with van der Waals surface area (Å²) in [5.41, 5.74) is 0. The van der Waals surface area contributed by atoms with Crippen molar-refractivity contribution in [1.82, 2.24) is 0 Å². The van der Waals surface area contributed by atoms with Gasteiger partial charge in [-0.1, -0.05) is 6.08 Å². The fraction of sp³-hybridized carbons (Fsp3) is 0.375. The first-order chi connectivity index (χ1) is 4.77. The van der Waals surface area contributed by atoms with Crippen molar-refractivity contribution in [1.29, 1.82) is 0 Å². The molecule has 0 saturated carbocycles. The maximum absolute atomic E-state index is 4.01. The van der Waals surface area contributed by atoms with E-state index in [4.69, 9.17) is 0 Å². The van der Waals surface area contributed by atoms with E-state index in [1.165, 1.54) is 0 Å². The van der Waals surface area contributed by atoms with E-state index in [1.807, 2.05) is 24.0 Å². The van der Waals surface area contributed by atoms with Gasteiger partial charge in [-0.05, 0) is 25.3 Å². The zero-order valence-electron chi connectivity index (χ0n) is 6.24. The van der Waals surface area contributed by atoms with E-state index in [-0.39, 0.29) is 4.75 Å². The van der Waals surface area contributed by atoms with Crippen molar-refractivity contribution in [2.45, 2.75) is 11.7 Å². The summed E-state index contributed by atoms with van der Waals surface area (Å²) in [7, 11) is 0. The molecule has 1 atom stereocenters. The Labute approximate surface area is 65.9 Å². The van der Waals surface area contributed by atoms with E-state index in [0.717, 1.165) is 0 Å². The highest BCUT2D eigenvalue weighted by molar-refractivity contribution is 8.00. The molecule has 1 nitrogen and oxygen atoms in total. The molecule has 0 amide bonds. The highest BCUT2D eigenvalue weighted by Gasteiger charge is 2.14. The third-order valence-electron chi connectivity index (χ3n) is 1.53. The molecule has 1 unspecified atom stereocenters. The van der Waals surface area contributed by atoms with Crippen LogP contribution in [-0.2, 0) is 0 Å². The SMILES string of the molecule is CSC1(C)C=CC=NC=C1. The second-order valence-corrected chi connectivity index (χ2v) is 3.65. The molecule has 0 fully saturated rings. The summed E-state index contributed by atoms with van der Waals surface area (Å²) in [5.74, 6) is 0. The van der Waals surface area contributed by atoms with Gasteiger partial charge in [0, 0.05) is 12.4 Å². The molecule has 2 heteroatoms. The Morgan fingerprint density at radius 2 is 2.20 bits per heavy atom. The van der Waals surface area contributed by atoms with Gasteiger partial charge in [-0.2, -0.15) is 11.8 Å². The Bertz CT molecular complexity index is 175. The topological polar surface area (TPSA) is 12.4 Å². The summed E-state index contributed by atoms with van der Waals surface area (Å²) >= 11 is 1.81. The Morgan fingerprint density at radius 1 is 1.40 bits per heavy atom.